The molecule has 2 heterocycles. The summed E-state index contributed by atoms with van der Waals surface area (Å²) in [7, 11) is 0. The smallest absolute Gasteiger partial charge is 0.282 e. The average molecular weight is 409 g/mol. The van der Waals surface area contributed by atoms with Crippen LogP contribution in [0, 0.1) is 0 Å². The van der Waals surface area contributed by atoms with Gasteiger partial charge in [0, 0.05) is 12.2 Å². The number of anilines is 1. The van der Waals surface area contributed by atoms with Crippen molar-refractivity contribution in [2.24, 2.45) is 0 Å². The fourth-order valence-corrected chi connectivity index (χ4v) is 4.96. The Bertz CT molecular complexity index is 930. The summed E-state index contributed by atoms with van der Waals surface area (Å²) < 4.78 is 1.26. The van der Waals surface area contributed by atoms with Crippen molar-refractivity contribution in [3.63, 3.8) is 0 Å². The molecule has 4 rings (SSSR count). The van der Waals surface area contributed by atoms with Gasteiger partial charge in [-0.3, -0.25) is 4.79 Å². The number of aromatic nitrogens is 1. The minimum atomic E-state index is 0.167. The van der Waals surface area contributed by atoms with Crippen molar-refractivity contribution < 1.29 is 14.6 Å². The van der Waals surface area contributed by atoms with Crippen molar-refractivity contribution in [1.29, 1.82) is 0 Å². The number of quaternary nitrogens is 2. The molecule has 1 aliphatic heterocycles. The molecule has 0 saturated carbocycles. The summed E-state index contributed by atoms with van der Waals surface area (Å²) in [6.45, 7) is 10.1. The van der Waals surface area contributed by atoms with Gasteiger partial charge in [0.1, 0.15) is 37.7 Å². The summed E-state index contributed by atoms with van der Waals surface area (Å²) in [6, 6.07) is 18.2. The van der Waals surface area contributed by atoms with Crippen LogP contribution in [0.2, 0.25) is 0 Å². The van der Waals surface area contributed by atoms with Gasteiger partial charge in [0.2, 0.25) is 0 Å². The molecule has 29 heavy (non-hydrogen) atoms. The Morgan fingerprint density at radius 3 is 2.45 bits per heavy atom. The molecule has 0 unspecified atom stereocenters. The van der Waals surface area contributed by atoms with E-state index in [9.17, 15) is 4.79 Å². The van der Waals surface area contributed by atoms with Crippen LogP contribution >= 0.6 is 11.3 Å². The predicted molar refractivity (Wildman–Crippen MR) is 119 cm³/mol. The number of nitrogens with one attached hydrogen (secondary N) is 2. The number of amides is 1. The zero-order valence-electron chi connectivity index (χ0n) is 16.6. The molecule has 1 aliphatic rings. The second kappa shape index (κ2) is 9.31. The number of nitrogens with zero attached hydrogens (tertiary/aromatic N) is 2. The van der Waals surface area contributed by atoms with Gasteiger partial charge < -0.3 is 14.7 Å². The van der Waals surface area contributed by atoms with Crippen molar-refractivity contribution in [1.82, 2.24) is 4.98 Å². The molecular formula is C23H28N4OS+2. The predicted octanol–water partition coefficient (Wildman–Crippen LogP) is 0.799. The molecular weight excluding hydrogens is 380 g/mol. The number of piperazine rings is 1. The van der Waals surface area contributed by atoms with Gasteiger partial charge in [0.05, 0.1) is 10.2 Å². The highest BCUT2D eigenvalue weighted by Crippen LogP contribution is 2.20. The summed E-state index contributed by atoms with van der Waals surface area (Å²) in [6.07, 6.45) is 1.79. The molecule has 5 nitrogen and oxygen atoms in total. The molecule has 1 saturated heterocycles. The van der Waals surface area contributed by atoms with E-state index >= 15 is 0 Å². The molecule has 2 aromatic carbocycles. The summed E-state index contributed by atoms with van der Waals surface area (Å²) in [4.78, 5) is 22.5. The number of benzene rings is 2. The third-order valence-corrected chi connectivity index (χ3v) is 6.52. The second-order valence-electron chi connectivity index (χ2n) is 7.56. The van der Waals surface area contributed by atoms with Crippen LogP contribution in [0.25, 0.3) is 10.2 Å². The molecule has 1 aromatic heterocycles. The highest BCUT2D eigenvalue weighted by Gasteiger charge is 2.27. The third kappa shape index (κ3) is 4.90. The van der Waals surface area contributed by atoms with Crippen LogP contribution in [-0.2, 0) is 11.3 Å². The summed E-state index contributed by atoms with van der Waals surface area (Å²) >= 11 is 1.80. The highest BCUT2D eigenvalue weighted by molar-refractivity contribution is 7.18. The lowest BCUT2D eigenvalue weighted by molar-refractivity contribution is -1.02. The first-order valence-electron chi connectivity index (χ1n) is 10.2. The first-order chi connectivity index (χ1) is 14.2. The van der Waals surface area contributed by atoms with Crippen molar-refractivity contribution >= 4 is 33.1 Å². The monoisotopic (exact) mass is 408 g/mol. The van der Waals surface area contributed by atoms with E-state index in [0.717, 1.165) is 43.9 Å². The number of hydrogen-bond donors (Lipinski definition) is 2. The molecule has 0 bridgehead atoms. The van der Waals surface area contributed by atoms with Crippen LogP contribution in [0.4, 0.5) is 5.69 Å². The standard InChI is InChI=1S/C23H26N4OS/c1-2-12-27(19-8-4-3-5-9-19)23(28)18-26-15-13-25(14-16-26)17-22-24-20-10-6-7-11-21(20)29-22/h2-11H,1,12-18H2/p+2. The van der Waals surface area contributed by atoms with Crippen molar-refractivity contribution in [2.45, 2.75) is 6.54 Å². The van der Waals surface area contributed by atoms with Gasteiger partial charge in [-0.1, -0.05) is 36.4 Å². The van der Waals surface area contributed by atoms with Crippen LogP contribution in [0.5, 0.6) is 0 Å². The Labute approximate surface area is 175 Å². The Morgan fingerprint density at radius 2 is 1.72 bits per heavy atom. The van der Waals surface area contributed by atoms with Gasteiger partial charge in [-0.2, -0.15) is 0 Å². The third-order valence-electron chi connectivity index (χ3n) is 5.49. The molecule has 3 aromatic rings. The average Bonchev–Trinajstić information content (AvgIpc) is 3.16. The van der Waals surface area contributed by atoms with Crippen molar-refractivity contribution in [3.05, 3.63) is 72.3 Å². The van der Waals surface area contributed by atoms with Crippen molar-refractivity contribution in [3.8, 4) is 0 Å². The lowest BCUT2D eigenvalue weighted by Crippen LogP contribution is -3.28. The molecule has 0 radical (unpaired) electrons. The van der Waals surface area contributed by atoms with E-state index in [4.69, 9.17) is 4.98 Å². The van der Waals surface area contributed by atoms with E-state index < -0.39 is 0 Å². The van der Waals surface area contributed by atoms with Gasteiger partial charge >= 0.3 is 0 Å². The van der Waals surface area contributed by atoms with Crippen LogP contribution < -0.4 is 14.7 Å². The van der Waals surface area contributed by atoms with Crippen LogP contribution in [0.1, 0.15) is 5.01 Å². The SMILES string of the molecule is C=CCN(C(=O)C[NH+]1CC[NH+](Cc2nc3ccccc3s2)CC1)c1ccccc1. The number of thiazole rings is 1. The lowest BCUT2D eigenvalue weighted by atomic mass is 10.2. The van der Waals surface area contributed by atoms with Gasteiger partial charge in [-0.05, 0) is 24.3 Å². The molecule has 2 N–H and O–H groups in total. The second-order valence-corrected chi connectivity index (χ2v) is 8.67. The topological polar surface area (TPSA) is 42.1 Å². The largest absolute Gasteiger partial charge is 0.320 e. The van der Waals surface area contributed by atoms with Crippen LogP contribution in [0.15, 0.2) is 67.3 Å². The van der Waals surface area contributed by atoms with Gasteiger partial charge in [0.25, 0.3) is 5.91 Å². The normalized spacial score (nSPS) is 19.2. The van der Waals surface area contributed by atoms with E-state index in [-0.39, 0.29) is 5.91 Å². The number of para-hydroxylation sites is 2. The maximum Gasteiger partial charge on any atom is 0.282 e. The quantitative estimate of drug-likeness (QED) is 0.568. The zero-order chi connectivity index (χ0) is 20.1. The number of rotatable bonds is 7. The Hall–Kier alpha value is -2.54. The Morgan fingerprint density at radius 1 is 1.03 bits per heavy atom. The van der Waals surface area contributed by atoms with E-state index in [1.807, 2.05) is 41.3 Å². The zero-order valence-corrected chi connectivity index (χ0v) is 17.5. The Kier molecular flexibility index (Phi) is 6.34. The summed E-state index contributed by atoms with van der Waals surface area (Å²) in [5.74, 6) is 0.167. The van der Waals surface area contributed by atoms with E-state index in [1.165, 1.54) is 14.6 Å². The molecule has 0 atom stereocenters. The number of hydrogen-bond acceptors (Lipinski definition) is 3. The van der Waals surface area contributed by atoms with Gasteiger partial charge in [-0.15, -0.1) is 17.9 Å². The molecule has 6 heteroatoms. The van der Waals surface area contributed by atoms with E-state index in [2.05, 4.69) is 24.8 Å². The highest BCUT2D eigenvalue weighted by atomic mass is 32.1. The number of carbonyl (C=O) groups excluding carboxylic acids is 1. The Balaban J connectivity index is 1.30. The first kappa shape index (κ1) is 19.8. The minimum absolute atomic E-state index is 0.167. The molecule has 150 valence electrons. The maximum absolute atomic E-state index is 12.9. The first-order valence-corrected chi connectivity index (χ1v) is 11.0. The maximum atomic E-state index is 12.9. The number of fused-ring (bicyclic) bond motifs is 1. The fourth-order valence-electron chi connectivity index (χ4n) is 3.92. The minimum Gasteiger partial charge on any atom is -0.320 e. The molecule has 1 fully saturated rings. The number of carbonyl (C=O) groups is 1. The van der Waals surface area contributed by atoms with Crippen LogP contribution in [0.3, 0.4) is 0 Å². The van der Waals surface area contributed by atoms with Crippen molar-refractivity contribution in [2.75, 3.05) is 44.2 Å². The summed E-state index contributed by atoms with van der Waals surface area (Å²) in [5.41, 5.74) is 2.04. The van der Waals surface area contributed by atoms with E-state index in [0.29, 0.717) is 13.1 Å². The van der Waals surface area contributed by atoms with Crippen LogP contribution in [-0.4, -0.2) is 50.2 Å². The lowest BCUT2D eigenvalue weighted by Gasteiger charge is -2.30. The fraction of sp³-hybridized carbons (Fsp3) is 0.304. The molecule has 1 amide bonds. The molecule has 0 spiro atoms. The van der Waals surface area contributed by atoms with Gasteiger partial charge in [-0.25, -0.2) is 4.98 Å². The van der Waals surface area contributed by atoms with Gasteiger partial charge in [0.15, 0.2) is 6.54 Å². The molecule has 0 aliphatic carbocycles. The van der Waals surface area contributed by atoms with E-state index in [1.54, 1.807) is 22.3 Å². The summed E-state index contributed by atoms with van der Waals surface area (Å²) in [5, 5.41) is 1.21.